The Hall–Kier alpha value is -1.97. The van der Waals surface area contributed by atoms with E-state index in [2.05, 4.69) is 31.4 Å². The van der Waals surface area contributed by atoms with Gasteiger partial charge in [-0.15, -0.1) is 0 Å². The Bertz CT molecular complexity index is 1020. The summed E-state index contributed by atoms with van der Waals surface area (Å²) in [6.07, 6.45) is -0.985. The first-order valence-corrected chi connectivity index (χ1v) is 9.57. The van der Waals surface area contributed by atoms with Crippen molar-refractivity contribution in [1.29, 1.82) is 0 Å². The highest BCUT2D eigenvalue weighted by molar-refractivity contribution is 9.10. The number of halogens is 5. The molecule has 28 heavy (non-hydrogen) atoms. The Morgan fingerprint density at radius 3 is 2.64 bits per heavy atom. The molecule has 0 atom stereocenters. The molecule has 0 fully saturated rings. The van der Waals surface area contributed by atoms with E-state index in [4.69, 9.17) is 23.2 Å². The van der Waals surface area contributed by atoms with Crippen LogP contribution in [0.2, 0.25) is 10.0 Å². The third-order valence-electron chi connectivity index (χ3n) is 3.82. The molecule has 1 amide bonds. The van der Waals surface area contributed by atoms with Gasteiger partial charge in [-0.3, -0.25) is 14.2 Å². The minimum atomic E-state index is -2.69. The van der Waals surface area contributed by atoms with Gasteiger partial charge in [-0.2, -0.15) is 10.2 Å². The molecule has 2 aromatic heterocycles. The maximum Gasteiger partial charge on any atom is 0.282 e. The molecule has 0 saturated heterocycles. The van der Waals surface area contributed by atoms with Crippen molar-refractivity contribution in [2.24, 2.45) is 0 Å². The standard InChI is InChI=1S/C17H14BrCl2F2N5O/c1-9-4-14(16(21)22)24-27(9)8-15(28)23-17-11(18)7-26(25-17)6-10-2-3-12(19)13(20)5-10/h2-5,7,16H,6,8H2,1H3,(H,23,25,28). The number of aromatic nitrogens is 4. The van der Waals surface area contributed by atoms with Crippen LogP contribution in [0.1, 0.15) is 23.4 Å². The number of rotatable bonds is 6. The quantitative estimate of drug-likeness (QED) is 0.521. The number of amides is 1. The SMILES string of the molecule is Cc1cc(C(F)F)nn1CC(=O)Nc1nn(Cc2ccc(Cl)c(Cl)c2)cc1Br. The van der Waals surface area contributed by atoms with Crippen molar-refractivity contribution in [1.82, 2.24) is 19.6 Å². The third kappa shape index (κ3) is 4.89. The lowest BCUT2D eigenvalue weighted by atomic mass is 10.2. The zero-order chi connectivity index (χ0) is 20.4. The molecule has 6 nitrogen and oxygen atoms in total. The normalized spacial score (nSPS) is 11.2. The molecule has 148 valence electrons. The number of hydrogen-bond donors (Lipinski definition) is 1. The predicted octanol–water partition coefficient (Wildman–Crippen LogP) is 5.08. The zero-order valence-corrected chi connectivity index (χ0v) is 17.6. The average molecular weight is 493 g/mol. The molecular weight excluding hydrogens is 479 g/mol. The zero-order valence-electron chi connectivity index (χ0n) is 14.5. The van der Waals surface area contributed by atoms with E-state index in [0.717, 1.165) is 5.56 Å². The first-order valence-electron chi connectivity index (χ1n) is 8.02. The second kappa shape index (κ2) is 8.59. The van der Waals surface area contributed by atoms with E-state index in [-0.39, 0.29) is 12.2 Å². The predicted molar refractivity (Wildman–Crippen MR) is 106 cm³/mol. The van der Waals surface area contributed by atoms with Gasteiger partial charge in [-0.05, 0) is 46.6 Å². The highest BCUT2D eigenvalue weighted by Gasteiger charge is 2.16. The van der Waals surface area contributed by atoms with E-state index in [9.17, 15) is 13.6 Å². The number of carbonyl (C=O) groups is 1. The molecule has 11 heteroatoms. The summed E-state index contributed by atoms with van der Waals surface area (Å²) in [6, 6.07) is 6.50. The summed E-state index contributed by atoms with van der Waals surface area (Å²) < 4.78 is 28.8. The van der Waals surface area contributed by atoms with E-state index in [0.29, 0.717) is 32.6 Å². The summed E-state index contributed by atoms with van der Waals surface area (Å²) in [7, 11) is 0. The van der Waals surface area contributed by atoms with Gasteiger partial charge >= 0.3 is 0 Å². The van der Waals surface area contributed by atoms with Crippen molar-refractivity contribution in [3.05, 3.63) is 61.9 Å². The maximum absolute atomic E-state index is 12.7. The van der Waals surface area contributed by atoms with Crippen molar-refractivity contribution in [3.8, 4) is 0 Å². The van der Waals surface area contributed by atoms with Crippen LogP contribution in [-0.2, 0) is 17.9 Å². The monoisotopic (exact) mass is 491 g/mol. The molecule has 0 aliphatic carbocycles. The summed E-state index contributed by atoms with van der Waals surface area (Å²) in [4.78, 5) is 12.3. The number of hydrogen-bond acceptors (Lipinski definition) is 3. The fourth-order valence-electron chi connectivity index (χ4n) is 2.50. The van der Waals surface area contributed by atoms with Gasteiger partial charge in [0.05, 0.1) is 21.1 Å². The van der Waals surface area contributed by atoms with E-state index >= 15 is 0 Å². The number of benzene rings is 1. The van der Waals surface area contributed by atoms with E-state index in [1.165, 1.54) is 10.7 Å². The number of anilines is 1. The number of alkyl halides is 2. The van der Waals surface area contributed by atoms with Crippen molar-refractivity contribution in [2.45, 2.75) is 26.4 Å². The Labute approximate surface area is 177 Å². The molecule has 0 unspecified atom stereocenters. The van der Waals surface area contributed by atoms with Crippen LogP contribution in [0.3, 0.4) is 0 Å². The Kier molecular flexibility index (Phi) is 6.36. The van der Waals surface area contributed by atoms with Gasteiger partial charge in [0.15, 0.2) is 5.82 Å². The molecule has 0 aliphatic rings. The van der Waals surface area contributed by atoms with Gasteiger partial charge in [0.1, 0.15) is 12.2 Å². The number of nitrogens with one attached hydrogen (secondary N) is 1. The molecule has 2 heterocycles. The van der Waals surface area contributed by atoms with Crippen LogP contribution in [0, 0.1) is 6.92 Å². The molecule has 0 aliphatic heterocycles. The van der Waals surface area contributed by atoms with Crippen LogP contribution in [0.15, 0.2) is 34.9 Å². The third-order valence-corrected chi connectivity index (χ3v) is 5.14. The lowest BCUT2D eigenvalue weighted by Crippen LogP contribution is -2.21. The van der Waals surface area contributed by atoms with Crippen molar-refractivity contribution in [3.63, 3.8) is 0 Å². The van der Waals surface area contributed by atoms with Crippen LogP contribution in [-0.4, -0.2) is 25.5 Å². The Morgan fingerprint density at radius 1 is 1.25 bits per heavy atom. The summed E-state index contributed by atoms with van der Waals surface area (Å²) in [5, 5.41) is 11.6. The number of nitrogens with zero attached hydrogens (tertiary/aromatic N) is 4. The van der Waals surface area contributed by atoms with Gasteiger partial charge in [0.2, 0.25) is 5.91 Å². The summed E-state index contributed by atoms with van der Waals surface area (Å²) in [5.74, 6) is -0.128. The molecule has 0 radical (unpaired) electrons. The van der Waals surface area contributed by atoms with Crippen molar-refractivity contribution in [2.75, 3.05) is 5.32 Å². The first kappa shape index (κ1) is 20.8. The fraction of sp³-hybridized carbons (Fsp3) is 0.235. The van der Waals surface area contributed by atoms with Gasteiger partial charge in [-0.1, -0.05) is 29.3 Å². The van der Waals surface area contributed by atoms with Crippen molar-refractivity contribution >= 4 is 50.9 Å². The molecule has 3 rings (SSSR count). The van der Waals surface area contributed by atoms with Gasteiger partial charge in [0.25, 0.3) is 6.43 Å². The summed E-state index contributed by atoms with van der Waals surface area (Å²) in [5.41, 5.74) is 0.987. The highest BCUT2D eigenvalue weighted by atomic mass is 79.9. The Balaban J connectivity index is 1.67. The topological polar surface area (TPSA) is 64.7 Å². The van der Waals surface area contributed by atoms with Gasteiger partial charge in [-0.25, -0.2) is 8.78 Å². The second-order valence-corrected chi connectivity index (χ2v) is 7.66. The molecule has 1 aromatic carbocycles. The largest absolute Gasteiger partial charge is 0.307 e. The first-order chi connectivity index (χ1) is 13.2. The molecule has 3 aromatic rings. The molecule has 0 spiro atoms. The number of aryl methyl sites for hydroxylation is 1. The van der Waals surface area contributed by atoms with E-state index in [1.54, 1.807) is 29.9 Å². The van der Waals surface area contributed by atoms with Crippen LogP contribution in [0.5, 0.6) is 0 Å². The average Bonchev–Trinajstić information content (AvgIpc) is 3.14. The minimum Gasteiger partial charge on any atom is -0.307 e. The second-order valence-electron chi connectivity index (χ2n) is 5.99. The molecule has 1 N–H and O–H groups in total. The van der Waals surface area contributed by atoms with Crippen LogP contribution >= 0.6 is 39.1 Å². The molecule has 0 saturated carbocycles. The molecular formula is C17H14BrCl2F2N5O. The highest BCUT2D eigenvalue weighted by Crippen LogP contribution is 2.25. The van der Waals surface area contributed by atoms with Crippen LogP contribution in [0.25, 0.3) is 0 Å². The lowest BCUT2D eigenvalue weighted by Gasteiger charge is -2.05. The van der Waals surface area contributed by atoms with Gasteiger partial charge in [0, 0.05) is 11.9 Å². The van der Waals surface area contributed by atoms with Crippen molar-refractivity contribution < 1.29 is 13.6 Å². The fourth-order valence-corrected chi connectivity index (χ4v) is 3.23. The minimum absolute atomic E-state index is 0.204. The maximum atomic E-state index is 12.7. The molecule has 0 bridgehead atoms. The lowest BCUT2D eigenvalue weighted by molar-refractivity contribution is -0.117. The summed E-state index contributed by atoms with van der Waals surface area (Å²) >= 11 is 15.3. The van der Waals surface area contributed by atoms with Crippen LogP contribution < -0.4 is 5.32 Å². The van der Waals surface area contributed by atoms with E-state index in [1.807, 2.05) is 6.07 Å². The van der Waals surface area contributed by atoms with E-state index < -0.39 is 12.3 Å². The van der Waals surface area contributed by atoms with Gasteiger partial charge < -0.3 is 5.32 Å². The smallest absolute Gasteiger partial charge is 0.282 e. The Morgan fingerprint density at radius 2 is 2.00 bits per heavy atom. The summed E-state index contributed by atoms with van der Waals surface area (Å²) in [6.45, 7) is 1.82. The number of carbonyl (C=O) groups excluding carboxylic acids is 1. The van der Waals surface area contributed by atoms with Crippen LogP contribution in [0.4, 0.5) is 14.6 Å².